The zero-order chi connectivity index (χ0) is 13.1. The number of hydrogen-bond donors (Lipinski definition) is 2. The fourth-order valence-corrected chi connectivity index (χ4v) is 1.95. The Balaban J connectivity index is 2.30. The van der Waals surface area contributed by atoms with Crippen LogP contribution in [0.1, 0.15) is 22.3 Å². The van der Waals surface area contributed by atoms with Crippen molar-refractivity contribution in [3.63, 3.8) is 0 Å². The number of nitrogen functional groups attached to an aromatic ring is 2. The van der Waals surface area contributed by atoms with Gasteiger partial charge in [0.15, 0.2) is 0 Å². The van der Waals surface area contributed by atoms with E-state index in [2.05, 4.69) is 26.0 Å². The molecule has 0 aromatic heterocycles. The Kier molecular flexibility index (Phi) is 3.38. The number of benzene rings is 2. The zero-order valence-corrected chi connectivity index (χ0v) is 10.8. The molecule has 0 aliphatic carbocycles. The average Bonchev–Trinajstić information content (AvgIpc) is 2.30. The summed E-state index contributed by atoms with van der Waals surface area (Å²) in [6, 6.07) is 11.9. The molecule has 2 heteroatoms. The molecule has 0 aliphatic rings. The van der Waals surface area contributed by atoms with Crippen LogP contribution in [0.5, 0.6) is 0 Å². The molecule has 2 aromatic rings. The molecule has 0 saturated heterocycles. The van der Waals surface area contributed by atoms with Gasteiger partial charge in [-0.15, -0.1) is 0 Å². The number of anilines is 2. The highest BCUT2D eigenvalue weighted by Crippen LogP contribution is 2.18. The molecule has 0 atom stereocenters. The summed E-state index contributed by atoms with van der Waals surface area (Å²) in [6.45, 7) is 4.12. The largest absolute Gasteiger partial charge is 0.399 e. The van der Waals surface area contributed by atoms with Crippen molar-refractivity contribution in [3.8, 4) is 0 Å². The lowest BCUT2D eigenvalue weighted by Gasteiger charge is -2.04. The van der Waals surface area contributed by atoms with Crippen molar-refractivity contribution in [1.29, 1.82) is 0 Å². The lowest BCUT2D eigenvalue weighted by atomic mass is 10.0. The molecule has 0 fully saturated rings. The minimum atomic E-state index is 0.799. The van der Waals surface area contributed by atoms with Gasteiger partial charge in [-0.2, -0.15) is 0 Å². The smallest absolute Gasteiger partial charge is 0.0317 e. The van der Waals surface area contributed by atoms with E-state index in [4.69, 9.17) is 11.5 Å². The fraction of sp³-hybridized carbons (Fsp3) is 0.125. The Bertz CT molecular complexity index is 545. The van der Waals surface area contributed by atoms with Gasteiger partial charge in [-0.25, -0.2) is 0 Å². The van der Waals surface area contributed by atoms with Gasteiger partial charge in [0.25, 0.3) is 0 Å². The van der Waals surface area contributed by atoms with Crippen molar-refractivity contribution in [1.82, 2.24) is 0 Å². The van der Waals surface area contributed by atoms with Gasteiger partial charge in [0, 0.05) is 11.4 Å². The molecular formula is C16H18N2. The number of hydrogen-bond acceptors (Lipinski definition) is 2. The molecule has 0 bridgehead atoms. The van der Waals surface area contributed by atoms with Gasteiger partial charge in [-0.3, -0.25) is 0 Å². The van der Waals surface area contributed by atoms with Crippen LogP contribution >= 0.6 is 0 Å². The van der Waals surface area contributed by atoms with Crippen LogP contribution < -0.4 is 11.5 Å². The van der Waals surface area contributed by atoms with Gasteiger partial charge >= 0.3 is 0 Å². The topological polar surface area (TPSA) is 52.0 Å². The maximum Gasteiger partial charge on any atom is 0.0317 e. The van der Waals surface area contributed by atoms with Crippen LogP contribution in [0.3, 0.4) is 0 Å². The van der Waals surface area contributed by atoms with E-state index in [0.717, 1.165) is 11.4 Å². The highest BCUT2D eigenvalue weighted by atomic mass is 14.5. The molecule has 0 saturated carbocycles. The summed E-state index contributed by atoms with van der Waals surface area (Å²) in [7, 11) is 0. The highest BCUT2D eigenvalue weighted by Gasteiger charge is 1.97. The average molecular weight is 238 g/mol. The van der Waals surface area contributed by atoms with Gasteiger partial charge in [0.1, 0.15) is 0 Å². The highest BCUT2D eigenvalue weighted by molar-refractivity contribution is 5.74. The summed E-state index contributed by atoms with van der Waals surface area (Å²) in [6.07, 6.45) is 4.21. The first-order valence-electron chi connectivity index (χ1n) is 5.96. The van der Waals surface area contributed by atoms with Gasteiger partial charge in [0.05, 0.1) is 0 Å². The van der Waals surface area contributed by atoms with Crippen LogP contribution in [-0.2, 0) is 0 Å². The van der Waals surface area contributed by atoms with E-state index in [9.17, 15) is 0 Å². The monoisotopic (exact) mass is 238 g/mol. The SMILES string of the molecule is Cc1cc(N)ccc1C=Cc1ccc(N)cc1C. The quantitative estimate of drug-likeness (QED) is 0.620. The zero-order valence-electron chi connectivity index (χ0n) is 10.8. The molecule has 92 valence electrons. The fourth-order valence-electron chi connectivity index (χ4n) is 1.95. The molecule has 0 radical (unpaired) electrons. The van der Waals surface area contributed by atoms with Crippen molar-refractivity contribution >= 4 is 23.5 Å². The van der Waals surface area contributed by atoms with Gasteiger partial charge < -0.3 is 11.5 Å². The first-order chi connectivity index (χ1) is 8.56. The third-order valence-corrected chi connectivity index (χ3v) is 3.03. The van der Waals surface area contributed by atoms with Crippen molar-refractivity contribution in [2.24, 2.45) is 0 Å². The van der Waals surface area contributed by atoms with E-state index in [1.54, 1.807) is 0 Å². The Hall–Kier alpha value is -2.22. The Morgan fingerprint density at radius 1 is 0.722 bits per heavy atom. The predicted molar refractivity (Wildman–Crippen MR) is 80.1 cm³/mol. The van der Waals surface area contributed by atoms with Gasteiger partial charge in [0.2, 0.25) is 0 Å². The molecule has 18 heavy (non-hydrogen) atoms. The normalized spacial score (nSPS) is 11.0. The third-order valence-electron chi connectivity index (χ3n) is 3.03. The van der Waals surface area contributed by atoms with E-state index in [0.29, 0.717) is 0 Å². The molecule has 0 spiro atoms. The minimum Gasteiger partial charge on any atom is -0.399 e. The maximum atomic E-state index is 5.74. The van der Waals surface area contributed by atoms with E-state index in [1.165, 1.54) is 22.3 Å². The van der Waals surface area contributed by atoms with Gasteiger partial charge in [-0.1, -0.05) is 24.3 Å². The van der Waals surface area contributed by atoms with E-state index < -0.39 is 0 Å². The van der Waals surface area contributed by atoms with Crippen LogP contribution in [0.25, 0.3) is 12.2 Å². The van der Waals surface area contributed by atoms with Crippen molar-refractivity contribution in [2.45, 2.75) is 13.8 Å². The maximum absolute atomic E-state index is 5.74. The minimum absolute atomic E-state index is 0.799. The van der Waals surface area contributed by atoms with E-state index in [1.807, 2.05) is 36.4 Å². The van der Waals surface area contributed by atoms with E-state index in [-0.39, 0.29) is 0 Å². The van der Waals surface area contributed by atoms with Crippen LogP contribution in [0.4, 0.5) is 11.4 Å². The standard InChI is InChI=1S/C16H18N2/c1-11-9-15(17)7-5-13(11)3-4-14-6-8-16(18)10-12(14)2/h3-10H,17-18H2,1-2H3. The second-order valence-corrected chi connectivity index (χ2v) is 4.57. The summed E-state index contributed by atoms with van der Waals surface area (Å²) in [5, 5.41) is 0. The number of rotatable bonds is 2. The summed E-state index contributed by atoms with van der Waals surface area (Å²) in [4.78, 5) is 0. The molecule has 0 unspecified atom stereocenters. The van der Waals surface area contributed by atoms with Crippen LogP contribution in [0, 0.1) is 13.8 Å². The van der Waals surface area contributed by atoms with E-state index >= 15 is 0 Å². The Morgan fingerprint density at radius 2 is 1.11 bits per heavy atom. The van der Waals surface area contributed by atoms with Crippen molar-refractivity contribution < 1.29 is 0 Å². The lowest BCUT2D eigenvalue weighted by Crippen LogP contribution is -1.88. The summed E-state index contributed by atoms with van der Waals surface area (Å²) < 4.78 is 0. The van der Waals surface area contributed by atoms with Crippen LogP contribution in [0.15, 0.2) is 36.4 Å². The molecule has 4 N–H and O–H groups in total. The molecule has 0 heterocycles. The summed E-state index contributed by atoms with van der Waals surface area (Å²) in [5.74, 6) is 0. The van der Waals surface area contributed by atoms with Crippen molar-refractivity contribution in [3.05, 3.63) is 58.7 Å². The molecule has 2 rings (SSSR count). The van der Waals surface area contributed by atoms with Crippen molar-refractivity contribution in [2.75, 3.05) is 11.5 Å². The van der Waals surface area contributed by atoms with Gasteiger partial charge in [-0.05, 0) is 60.4 Å². The Labute approximate surface area is 108 Å². The molecule has 2 nitrogen and oxygen atoms in total. The first-order valence-corrected chi connectivity index (χ1v) is 5.96. The third kappa shape index (κ3) is 2.72. The van der Waals surface area contributed by atoms with Crippen LogP contribution in [-0.4, -0.2) is 0 Å². The second kappa shape index (κ2) is 4.96. The Morgan fingerprint density at radius 3 is 1.44 bits per heavy atom. The number of aryl methyl sites for hydroxylation is 2. The number of nitrogens with two attached hydrogens (primary N) is 2. The summed E-state index contributed by atoms with van der Waals surface area (Å²) in [5.41, 5.74) is 17.8. The molecular weight excluding hydrogens is 220 g/mol. The first kappa shape index (κ1) is 12.2. The predicted octanol–water partition coefficient (Wildman–Crippen LogP) is 3.64. The molecule has 2 aromatic carbocycles. The molecule has 0 amide bonds. The second-order valence-electron chi connectivity index (χ2n) is 4.57. The molecule has 0 aliphatic heterocycles. The summed E-state index contributed by atoms with van der Waals surface area (Å²) >= 11 is 0. The van der Waals surface area contributed by atoms with Crippen LogP contribution in [0.2, 0.25) is 0 Å². The lowest BCUT2D eigenvalue weighted by molar-refractivity contribution is 1.43.